The summed E-state index contributed by atoms with van der Waals surface area (Å²) in [6, 6.07) is 8.23. The molecule has 0 fully saturated rings. The molecule has 92 valence electrons. The van der Waals surface area contributed by atoms with Gasteiger partial charge in [-0.25, -0.2) is 0 Å². The largest absolute Gasteiger partial charge is 0.493 e. The maximum absolute atomic E-state index is 5.79. The van der Waals surface area contributed by atoms with E-state index in [9.17, 15) is 0 Å². The fourth-order valence-corrected chi connectivity index (χ4v) is 1.90. The minimum atomic E-state index is 0.638. The fourth-order valence-electron chi connectivity index (χ4n) is 1.90. The van der Waals surface area contributed by atoms with Gasteiger partial charge in [0.2, 0.25) is 0 Å². The molecule has 0 radical (unpaired) electrons. The van der Waals surface area contributed by atoms with Crippen LogP contribution < -0.4 is 4.74 Å². The molecule has 0 aliphatic carbocycles. The maximum Gasteiger partial charge on any atom is 0.186 e. The SMILES string of the molecule is CCCc1ccccc1OCCC1=NCCO1. The van der Waals surface area contributed by atoms with Gasteiger partial charge in [0, 0.05) is 0 Å². The Bertz CT molecular complexity index is 388. The van der Waals surface area contributed by atoms with Gasteiger partial charge >= 0.3 is 0 Å². The Labute approximate surface area is 102 Å². The number of nitrogens with zero attached hydrogens (tertiary/aromatic N) is 1. The summed E-state index contributed by atoms with van der Waals surface area (Å²) in [7, 11) is 0. The summed E-state index contributed by atoms with van der Waals surface area (Å²) in [5.41, 5.74) is 1.28. The Balaban J connectivity index is 1.85. The van der Waals surface area contributed by atoms with Gasteiger partial charge in [-0.1, -0.05) is 31.5 Å². The Morgan fingerprint density at radius 2 is 2.18 bits per heavy atom. The van der Waals surface area contributed by atoms with Crippen LogP contribution >= 0.6 is 0 Å². The summed E-state index contributed by atoms with van der Waals surface area (Å²) >= 11 is 0. The zero-order chi connectivity index (χ0) is 11.9. The van der Waals surface area contributed by atoms with Gasteiger partial charge in [-0.15, -0.1) is 0 Å². The molecule has 0 spiro atoms. The topological polar surface area (TPSA) is 30.8 Å². The van der Waals surface area contributed by atoms with Crippen LogP contribution in [-0.2, 0) is 11.2 Å². The quantitative estimate of drug-likeness (QED) is 0.756. The molecule has 1 aromatic carbocycles. The first-order valence-electron chi connectivity index (χ1n) is 6.27. The Morgan fingerprint density at radius 1 is 1.29 bits per heavy atom. The Kier molecular flexibility index (Phi) is 4.42. The van der Waals surface area contributed by atoms with Crippen molar-refractivity contribution in [3.8, 4) is 5.75 Å². The lowest BCUT2D eigenvalue weighted by atomic mass is 10.1. The van der Waals surface area contributed by atoms with E-state index in [1.54, 1.807) is 0 Å². The van der Waals surface area contributed by atoms with Crippen LogP contribution in [0.3, 0.4) is 0 Å². The van der Waals surface area contributed by atoms with Gasteiger partial charge in [0.15, 0.2) is 5.90 Å². The molecule has 1 aliphatic heterocycles. The second-order valence-corrected chi connectivity index (χ2v) is 4.08. The monoisotopic (exact) mass is 233 g/mol. The number of hydrogen-bond donors (Lipinski definition) is 0. The van der Waals surface area contributed by atoms with Crippen molar-refractivity contribution in [2.75, 3.05) is 19.8 Å². The highest BCUT2D eigenvalue weighted by atomic mass is 16.5. The lowest BCUT2D eigenvalue weighted by Gasteiger charge is -2.10. The normalized spacial score (nSPS) is 14.3. The molecule has 0 saturated heterocycles. The van der Waals surface area contributed by atoms with Crippen LogP contribution in [0, 0.1) is 0 Å². The van der Waals surface area contributed by atoms with Crippen molar-refractivity contribution in [3.63, 3.8) is 0 Å². The summed E-state index contributed by atoms with van der Waals surface area (Å²) in [6.07, 6.45) is 2.96. The highest BCUT2D eigenvalue weighted by molar-refractivity contribution is 5.77. The van der Waals surface area contributed by atoms with Crippen molar-refractivity contribution in [1.29, 1.82) is 0 Å². The van der Waals surface area contributed by atoms with Crippen LogP contribution in [0.25, 0.3) is 0 Å². The summed E-state index contributed by atoms with van der Waals surface area (Å²) in [5.74, 6) is 1.82. The van der Waals surface area contributed by atoms with Crippen molar-refractivity contribution < 1.29 is 9.47 Å². The lowest BCUT2D eigenvalue weighted by molar-refractivity contribution is 0.295. The van der Waals surface area contributed by atoms with Gasteiger partial charge in [0.05, 0.1) is 19.6 Å². The molecular weight excluding hydrogens is 214 g/mol. The first-order valence-corrected chi connectivity index (χ1v) is 6.27. The van der Waals surface area contributed by atoms with Gasteiger partial charge in [-0.05, 0) is 18.1 Å². The summed E-state index contributed by atoms with van der Waals surface area (Å²) in [5, 5.41) is 0. The van der Waals surface area contributed by atoms with Crippen LogP contribution in [0.15, 0.2) is 29.3 Å². The molecule has 1 aromatic rings. The van der Waals surface area contributed by atoms with Crippen LogP contribution in [-0.4, -0.2) is 25.7 Å². The van der Waals surface area contributed by atoms with E-state index in [4.69, 9.17) is 9.47 Å². The average molecular weight is 233 g/mol. The molecule has 0 unspecified atom stereocenters. The lowest BCUT2D eigenvalue weighted by Crippen LogP contribution is -2.07. The van der Waals surface area contributed by atoms with Gasteiger partial charge in [0.25, 0.3) is 0 Å². The molecule has 0 bridgehead atoms. The first kappa shape index (κ1) is 12.0. The number of ether oxygens (including phenoxy) is 2. The third-order valence-corrected chi connectivity index (χ3v) is 2.71. The van der Waals surface area contributed by atoms with Crippen LogP contribution in [0.4, 0.5) is 0 Å². The zero-order valence-electron chi connectivity index (χ0n) is 10.3. The maximum atomic E-state index is 5.79. The minimum absolute atomic E-state index is 0.638. The summed E-state index contributed by atoms with van der Waals surface area (Å²) < 4.78 is 11.1. The van der Waals surface area contributed by atoms with Gasteiger partial charge in [-0.3, -0.25) is 4.99 Å². The number of benzene rings is 1. The summed E-state index contributed by atoms with van der Waals surface area (Å²) in [6.45, 7) is 4.33. The van der Waals surface area contributed by atoms with Crippen molar-refractivity contribution in [2.45, 2.75) is 26.2 Å². The van der Waals surface area contributed by atoms with Gasteiger partial charge in [0.1, 0.15) is 12.4 Å². The molecule has 2 rings (SSSR count). The van der Waals surface area contributed by atoms with Crippen LogP contribution in [0.1, 0.15) is 25.3 Å². The standard InChI is InChI=1S/C14H19NO2/c1-2-5-12-6-3-4-7-13(12)16-10-8-14-15-9-11-17-14/h3-4,6-7H,2,5,8-11H2,1H3. The van der Waals surface area contributed by atoms with Gasteiger partial charge in [-0.2, -0.15) is 0 Å². The second kappa shape index (κ2) is 6.28. The first-order chi connectivity index (χ1) is 8.40. The van der Waals surface area contributed by atoms with Crippen molar-refractivity contribution in [3.05, 3.63) is 29.8 Å². The molecule has 17 heavy (non-hydrogen) atoms. The molecular formula is C14H19NO2. The highest BCUT2D eigenvalue weighted by Crippen LogP contribution is 2.19. The van der Waals surface area contributed by atoms with Crippen molar-refractivity contribution in [2.24, 2.45) is 4.99 Å². The van der Waals surface area contributed by atoms with E-state index in [-0.39, 0.29) is 0 Å². The molecule has 0 atom stereocenters. The minimum Gasteiger partial charge on any atom is -0.493 e. The number of aryl methyl sites for hydroxylation is 1. The molecule has 0 N–H and O–H groups in total. The molecule has 0 aromatic heterocycles. The highest BCUT2D eigenvalue weighted by Gasteiger charge is 2.08. The number of rotatable bonds is 6. The van der Waals surface area contributed by atoms with E-state index in [0.29, 0.717) is 6.61 Å². The van der Waals surface area contributed by atoms with E-state index in [2.05, 4.69) is 24.0 Å². The Hall–Kier alpha value is -1.51. The molecule has 3 nitrogen and oxygen atoms in total. The molecule has 0 saturated carbocycles. The number of hydrogen-bond acceptors (Lipinski definition) is 3. The fraction of sp³-hybridized carbons (Fsp3) is 0.500. The predicted molar refractivity (Wildman–Crippen MR) is 68.8 cm³/mol. The Morgan fingerprint density at radius 3 is 2.94 bits per heavy atom. The molecule has 3 heteroatoms. The summed E-state index contributed by atoms with van der Waals surface area (Å²) in [4.78, 5) is 4.24. The van der Waals surface area contributed by atoms with Crippen LogP contribution in [0.5, 0.6) is 5.75 Å². The van der Waals surface area contributed by atoms with Gasteiger partial charge < -0.3 is 9.47 Å². The zero-order valence-corrected chi connectivity index (χ0v) is 10.3. The van der Waals surface area contributed by atoms with Crippen molar-refractivity contribution in [1.82, 2.24) is 0 Å². The average Bonchev–Trinajstić information content (AvgIpc) is 2.85. The van der Waals surface area contributed by atoms with E-state index in [1.807, 2.05) is 12.1 Å². The third kappa shape index (κ3) is 3.48. The van der Waals surface area contributed by atoms with E-state index < -0.39 is 0 Å². The smallest absolute Gasteiger partial charge is 0.186 e. The second-order valence-electron chi connectivity index (χ2n) is 4.08. The molecule has 0 amide bonds. The number of aliphatic imine (C=N–C) groups is 1. The van der Waals surface area contributed by atoms with Crippen molar-refractivity contribution >= 4 is 5.90 Å². The third-order valence-electron chi connectivity index (χ3n) is 2.71. The molecule has 1 aliphatic rings. The van der Waals surface area contributed by atoms with E-state index in [1.165, 1.54) is 5.56 Å². The van der Waals surface area contributed by atoms with E-state index in [0.717, 1.165) is 44.1 Å². The van der Waals surface area contributed by atoms with Crippen LogP contribution in [0.2, 0.25) is 0 Å². The van der Waals surface area contributed by atoms with E-state index >= 15 is 0 Å². The number of para-hydroxylation sites is 1. The predicted octanol–water partition coefficient (Wildman–Crippen LogP) is 2.84. The molecule has 1 heterocycles.